The van der Waals surface area contributed by atoms with E-state index in [1.54, 1.807) is 27.2 Å². The Hall–Kier alpha value is -1.29. The zero-order valence-corrected chi connectivity index (χ0v) is 9.66. The number of hydrogen-bond donors (Lipinski definition) is 2. The van der Waals surface area contributed by atoms with E-state index < -0.39 is 5.60 Å². The Kier molecular flexibility index (Phi) is 3.52. The van der Waals surface area contributed by atoms with Crippen LogP contribution in [-0.4, -0.2) is 29.3 Å². The van der Waals surface area contributed by atoms with E-state index in [-0.39, 0.29) is 0 Å². The van der Waals surface area contributed by atoms with E-state index in [1.165, 1.54) is 0 Å². The first-order valence-corrected chi connectivity index (χ1v) is 4.89. The fourth-order valence-corrected chi connectivity index (χ4v) is 1.16. The van der Waals surface area contributed by atoms with Gasteiger partial charge in [0, 0.05) is 12.2 Å². The summed E-state index contributed by atoms with van der Waals surface area (Å²) in [6, 6.07) is 1.89. The molecule has 4 heteroatoms. The van der Waals surface area contributed by atoms with Gasteiger partial charge < -0.3 is 15.2 Å². The molecular formula is C11H18N2O2. The van der Waals surface area contributed by atoms with Gasteiger partial charge >= 0.3 is 0 Å². The van der Waals surface area contributed by atoms with Crippen molar-refractivity contribution in [3.63, 3.8) is 0 Å². The summed E-state index contributed by atoms with van der Waals surface area (Å²) in [6.07, 6.45) is 1.67. The van der Waals surface area contributed by atoms with Crippen molar-refractivity contribution in [3.05, 3.63) is 18.0 Å². The number of nitrogens with zero attached hydrogens (tertiary/aromatic N) is 1. The molecule has 0 bridgehead atoms. The van der Waals surface area contributed by atoms with Crippen molar-refractivity contribution >= 4 is 5.69 Å². The standard InChI is InChI=1S/C11H18N2O2/c1-8-5-9(10(15-4)6-12-8)13-7-11(2,3)14/h5-6,14H,7H2,1-4H3,(H,12,13). The lowest BCUT2D eigenvalue weighted by atomic mass is 10.1. The van der Waals surface area contributed by atoms with Gasteiger partial charge in [0.05, 0.1) is 24.6 Å². The summed E-state index contributed by atoms with van der Waals surface area (Å²) in [5.41, 5.74) is 1.02. The first-order valence-electron chi connectivity index (χ1n) is 4.89. The third-order valence-corrected chi connectivity index (χ3v) is 1.94. The van der Waals surface area contributed by atoms with Gasteiger partial charge in [0.2, 0.25) is 0 Å². The zero-order valence-electron chi connectivity index (χ0n) is 9.66. The molecule has 1 aromatic heterocycles. The first kappa shape index (κ1) is 11.8. The molecule has 2 N–H and O–H groups in total. The highest BCUT2D eigenvalue weighted by atomic mass is 16.5. The molecule has 0 fully saturated rings. The van der Waals surface area contributed by atoms with Crippen molar-refractivity contribution in [1.29, 1.82) is 0 Å². The van der Waals surface area contributed by atoms with Crippen LogP contribution in [0.1, 0.15) is 19.5 Å². The molecule has 0 amide bonds. The zero-order chi connectivity index (χ0) is 11.5. The topological polar surface area (TPSA) is 54.4 Å². The van der Waals surface area contributed by atoms with E-state index >= 15 is 0 Å². The van der Waals surface area contributed by atoms with Gasteiger partial charge in [-0.25, -0.2) is 0 Å². The summed E-state index contributed by atoms with van der Waals surface area (Å²) in [7, 11) is 1.60. The lowest BCUT2D eigenvalue weighted by Gasteiger charge is -2.19. The van der Waals surface area contributed by atoms with E-state index in [9.17, 15) is 5.11 Å². The SMILES string of the molecule is COc1cnc(C)cc1NCC(C)(C)O. The van der Waals surface area contributed by atoms with Crippen LogP contribution in [0.5, 0.6) is 5.75 Å². The van der Waals surface area contributed by atoms with E-state index in [4.69, 9.17) is 4.74 Å². The van der Waals surface area contributed by atoms with Gasteiger partial charge in [0.25, 0.3) is 0 Å². The molecule has 0 saturated heterocycles. The number of aryl methyl sites for hydroxylation is 1. The predicted octanol–water partition coefficient (Wildman–Crippen LogP) is 1.58. The lowest BCUT2D eigenvalue weighted by Crippen LogP contribution is -2.29. The largest absolute Gasteiger partial charge is 0.493 e. The summed E-state index contributed by atoms with van der Waals surface area (Å²) in [4.78, 5) is 4.13. The third kappa shape index (κ3) is 3.75. The molecule has 0 aliphatic heterocycles. The number of anilines is 1. The van der Waals surface area contributed by atoms with Crippen molar-refractivity contribution in [2.24, 2.45) is 0 Å². The maximum atomic E-state index is 9.59. The van der Waals surface area contributed by atoms with E-state index in [0.717, 1.165) is 11.4 Å². The molecule has 0 aromatic carbocycles. The molecule has 0 spiro atoms. The number of nitrogens with one attached hydrogen (secondary N) is 1. The minimum atomic E-state index is -0.748. The van der Waals surface area contributed by atoms with Crippen LogP contribution in [0.25, 0.3) is 0 Å². The molecule has 0 unspecified atom stereocenters. The Morgan fingerprint density at radius 3 is 2.73 bits per heavy atom. The van der Waals surface area contributed by atoms with Gasteiger partial charge in [-0.2, -0.15) is 0 Å². The van der Waals surface area contributed by atoms with Crippen molar-refractivity contribution < 1.29 is 9.84 Å². The van der Waals surface area contributed by atoms with Crippen molar-refractivity contribution in [2.45, 2.75) is 26.4 Å². The summed E-state index contributed by atoms with van der Waals surface area (Å²) in [5.74, 6) is 0.685. The summed E-state index contributed by atoms with van der Waals surface area (Å²) >= 11 is 0. The van der Waals surface area contributed by atoms with Crippen molar-refractivity contribution in [2.75, 3.05) is 19.0 Å². The second kappa shape index (κ2) is 4.49. The third-order valence-electron chi connectivity index (χ3n) is 1.94. The minimum Gasteiger partial charge on any atom is -0.493 e. The fraction of sp³-hybridized carbons (Fsp3) is 0.545. The highest BCUT2D eigenvalue weighted by Crippen LogP contribution is 2.23. The molecular weight excluding hydrogens is 192 g/mol. The molecule has 0 aliphatic rings. The maximum Gasteiger partial charge on any atom is 0.160 e. The van der Waals surface area contributed by atoms with Crippen LogP contribution in [0.4, 0.5) is 5.69 Å². The molecule has 1 rings (SSSR count). The molecule has 4 nitrogen and oxygen atoms in total. The van der Waals surface area contributed by atoms with Gasteiger partial charge in [-0.1, -0.05) is 0 Å². The summed E-state index contributed by atoms with van der Waals surface area (Å²) in [5, 5.41) is 12.7. The van der Waals surface area contributed by atoms with E-state index in [2.05, 4.69) is 10.3 Å². The van der Waals surface area contributed by atoms with Gasteiger partial charge in [0.1, 0.15) is 0 Å². The maximum absolute atomic E-state index is 9.59. The summed E-state index contributed by atoms with van der Waals surface area (Å²) < 4.78 is 5.16. The number of methoxy groups -OCH3 is 1. The Labute approximate surface area is 90.3 Å². The summed E-state index contributed by atoms with van der Waals surface area (Å²) in [6.45, 7) is 5.88. The molecule has 1 aromatic rings. The smallest absolute Gasteiger partial charge is 0.160 e. The van der Waals surface area contributed by atoms with Crippen LogP contribution in [0.15, 0.2) is 12.3 Å². The van der Waals surface area contributed by atoms with Gasteiger partial charge in [0.15, 0.2) is 5.75 Å². The number of ether oxygens (including phenoxy) is 1. The number of aromatic nitrogens is 1. The monoisotopic (exact) mass is 210 g/mol. The van der Waals surface area contributed by atoms with Gasteiger partial charge in [-0.05, 0) is 26.8 Å². The molecule has 0 atom stereocenters. The molecule has 15 heavy (non-hydrogen) atoms. The highest BCUT2D eigenvalue weighted by molar-refractivity contribution is 5.56. The number of hydrogen-bond acceptors (Lipinski definition) is 4. The average molecular weight is 210 g/mol. The van der Waals surface area contributed by atoms with Gasteiger partial charge in [-0.15, -0.1) is 0 Å². The number of rotatable bonds is 4. The number of aliphatic hydroxyl groups is 1. The van der Waals surface area contributed by atoms with Gasteiger partial charge in [-0.3, -0.25) is 4.98 Å². The quantitative estimate of drug-likeness (QED) is 0.792. The minimum absolute atomic E-state index is 0.465. The van der Waals surface area contributed by atoms with E-state index in [1.807, 2.05) is 13.0 Å². The van der Waals surface area contributed by atoms with Crippen LogP contribution >= 0.6 is 0 Å². The van der Waals surface area contributed by atoms with Crippen molar-refractivity contribution in [1.82, 2.24) is 4.98 Å². The second-order valence-electron chi connectivity index (χ2n) is 4.19. The molecule has 1 heterocycles. The number of pyridine rings is 1. The molecule has 0 saturated carbocycles. The first-order chi connectivity index (χ1) is 6.92. The van der Waals surface area contributed by atoms with Crippen molar-refractivity contribution in [3.8, 4) is 5.75 Å². The molecule has 0 radical (unpaired) electrons. The normalized spacial score (nSPS) is 11.3. The Morgan fingerprint density at radius 2 is 2.20 bits per heavy atom. The molecule has 84 valence electrons. The Balaban J connectivity index is 2.79. The van der Waals surface area contributed by atoms with Crippen LogP contribution < -0.4 is 10.1 Å². The average Bonchev–Trinajstić information content (AvgIpc) is 2.14. The van der Waals surface area contributed by atoms with E-state index in [0.29, 0.717) is 12.3 Å². The molecule has 0 aliphatic carbocycles. The van der Waals surface area contributed by atoms with Crippen LogP contribution in [0.2, 0.25) is 0 Å². The fourth-order valence-electron chi connectivity index (χ4n) is 1.16. The Morgan fingerprint density at radius 1 is 1.53 bits per heavy atom. The van der Waals surface area contributed by atoms with Crippen LogP contribution in [0.3, 0.4) is 0 Å². The van der Waals surface area contributed by atoms with Crippen LogP contribution in [0, 0.1) is 6.92 Å². The predicted molar refractivity (Wildman–Crippen MR) is 60.3 cm³/mol. The second-order valence-corrected chi connectivity index (χ2v) is 4.19. The van der Waals surface area contributed by atoms with Crippen LogP contribution in [-0.2, 0) is 0 Å². The lowest BCUT2D eigenvalue weighted by molar-refractivity contribution is 0.0944. The Bertz CT molecular complexity index is 332. The highest BCUT2D eigenvalue weighted by Gasteiger charge is 2.13.